The molecule has 2 fully saturated rings. The first-order valence-electron chi connectivity index (χ1n) is 7.35. The Kier molecular flexibility index (Phi) is 4.07. The van der Waals surface area contributed by atoms with Crippen LogP contribution in [0.5, 0.6) is 0 Å². The van der Waals surface area contributed by atoms with Crippen LogP contribution >= 0.6 is 0 Å². The second-order valence-electron chi connectivity index (χ2n) is 5.80. The van der Waals surface area contributed by atoms with Crippen LogP contribution in [0.3, 0.4) is 0 Å². The van der Waals surface area contributed by atoms with E-state index in [4.69, 9.17) is 0 Å². The van der Waals surface area contributed by atoms with Gasteiger partial charge < -0.3 is 9.80 Å². The van der Waals surface area contributed by atoms with E-state index in [0.717, 1.165) is 11.4 Å². The third kappa shape index (κ3) is 3.55. The summed E-state index contributed by atoms with van der Waals surface area (Å²) in [6, 6.07) is 7.91. The quantitative estimate of drug-likeness (QED) is 0.761. The SMILES string of the molecule is O=S1(=O)CCN(c2cccc(N3CCS(=O)(=O)CC3)c2)CC1. The molecule has 1 aromatic rings. The third-order valence-electron chi connectivity index (χ3n) is 4.25. The van der Waals surface area contributed by atoms with Gasteiger partial charge in [-0.2, -0.15) is 0 Å². The van der Waals surface area contributed by atoms with Gasteiger partial charge in [-0.15, -0.1) is 0 Å². The molecular formula is C14H20N2O4S2. The summed E-state index contributed by atoms with van der Waals surface area (Å²) >= 11 is 0. The topological polar surface area (TPSA) is 74.8 Å². The van der Waals surface area contributed by atoms with Crippen LogP contribution in [0.1, 0.15) is 0 Å². The highest BCUT2D eigenvalue weighted by Crippen LogP contribution is 2.25. The highest BCUT2D eigenvalue weighted by Gasteiger charge is 2.24. The molecule has 0 N–H and O–H groups in total. The lowest BCUT2D eigenvalue weighted by atomic mass is 10.2. The molecule has 0 aromatic heterocycles. The molecule has 0 atom stereocenters. The van der Waals surface area contributed by atoms with Gasteiger partial charge in [0.1, 0.15) is 0 Å². The Bertz CT molecular complexity index is 670. The lowest BCUT2D eigenvalue weighted by Gasteiger charge is -2.32. The Labute approximate surface area is 131 Å². The highest BCUT2D eigenvalue weighted by atomic mass is 32.2. The Balaban J connectivity index is 1.73. The summed E-state index contributed by atoms with van der Waals surface area (Å²) in [6.07, 6.45) is 0. The smallest absolute Gasteiger partial charge is 0.153 e. The van der Waals surface area contributed by atoms with Crippen LogP contribution in [0.2, 0.25) is 0 Å². The first-order chi connectivity index (χ1) is 10.3. The molecule has 0 unspecified atom stereocenters. The zero-order valence-corrected chi connectivity index (χ0v) is 13.9. The lowest BCUT2D eigenvalue weighted by Crippen LogP contribution is -2.41. The summed E-state index contributed by atoms with van der Waals surface area (Å²) in [5.74, 6) is 0.775. The molecule has 3 rings (SSSR count). The zero-order chi connectivity index (χ0) is 15.8. The maximum absolute atomic E-state index is 11.5. The van der Waals surface area contributed by atoms with Crippen LogP contribution in [0.4, 0.5) is 11.4 Å². The molecule has 0 saturated carbocycles. The Hall–Kier alpha value is -1.28. The van der Waals surface area contributed by atoms with Gasteiger partial charge in [-0.1, -0.05) is 6.07 Å². The van der Waals surface area contributed by atoms with Crippen molar-refractivity contribution in [2.45, 2.75) is 0 Å². The average molecular weight is 344 g/mol. The van der Waals surface area contributed by atoms with E-state index >= 15 is 0 Å². The van der Waals surface area contributed by atoms with Crippen molar-refractivity contribution in [2.24, 2.45) is 0 Å². The summed E-state index contributed by atoms with van der Waals surface area (Å²) in [5, 5.41) is 0. The van der Waals surface area contributed by atoms with Crippen molar-refractivity contribution in [1.29, 1.82) is 0 Å². The van der Waals surface area contributed by atoms with Crippen LogP contribution < -0.4 is 9.80 Å². The molecular weight excluding hydrogens is 324 g/mol. The van der Waals surface area contributed by atoms with Crippen LogP contribution in [-0.2, 0) is 19.7 Å². The molecule has 2 aliphatic heterocycles. The van der Waals surface area contributed by atoms with Crippen molar-refractivity contribution < 1.29 is 16.8 Å². The van der Waals surface area contributed by atoms with Gasteiger partial charge in [-0.25, -0.2) is 16.8 Å². The van der Waals surface area contributed by atoms with Gasteiger partial charge >= 0.3 is 0 Å². The van der Waals surface area contributed by atoms with Gasteiger partial charge in [-0.3, -0.25) is 0 Å². The van der Waals surface area contributed by atoms with E-state index in [1.807, 2.05) is 24.3 Å². The van der Waals surface area contributed by atoms with Gasteiger partial charge in [0.05, 0.1) is 23.0 Å². The van der Waals surface area contributed by atoms with Crippen molar-refractivity contribution in [3.8, 4) is 0 Å². The summed E-state index contributed by atoms with van der Waals surface area (Å²) in [7, 11) is -5.77. The first-order valence-corrected chi connectivity index (χ1v) is 11.0. The molecule has 0 radical (unpaired) electrons. The van der Waals surface area contributed by atoms with Crippen molar-refractivity contribution in [1.82, 2.24) is 0 Å². The number of nitrogens with zero attached hydrogens (tertiary/aromatic N) is 2. The van der Waals surface area contributed by atoms with Crippen LogP contribution in [0, 0.1) is 0 Å². The third-order valence-corrected chi connectivity index (χ3v) is 7.47. The Morgan fingerprint density at radius 3 is 1.41 bits per heavy atom. The Morgan fingerprint density at radius 2 is 1.05 bits per heavy atom. The van der Waals surface area contributed by atoms with E-state index < -0.39 is 19.7 Å². The van der Waals surface area contributed by atoms with Crippen LogP contribution in [0.25, 0.3) is 0 Å². The summed E-state index contributed by atoms with van der Waals surface area (Å²) in [5.41, 5.74) is 2.00. The number of sulfone groups is 2. The number of anilines is 2. The van der Waals surface area contributed by atoms with Crippen molar-refractivity contribution in [3.63, 3.8) is 0 Å². The van der Waals surface area contributed by atoms with Gasteiger partial charge in [0.2, 0.25) is 0 Å². The normalized spacial score (nSPS) is 24.2. The number of benzene rings is 1. The fourth-order valence-corrected chi connectivity index (χ4v) is 5.23. The minimum Gasteiger partial charge on any atom is -0.369 e. The fraction of sp³-hybridized carbons (Fsp3) is 0.571. The van der Waals surface area contributed by atoms with Gasteiger partial charge in [0.25, 0.3) is 0 Å². The predicted octanol–water partition coefficient (Wildman–Crippen LogP) is 0.156. The molecule has 2 heterocycles. The van der Waals surface area contributed by atoms with E-state index in [1.54, 1.807) is 0 Å². The zero-order valence-electron chi connectivity index (χ0n) is 12.3. The molecule has 0 bridgehead atoms. The van der Waals surface area contributed by atoms with Gasteiger partial charge in [0.15, 0.2) is 19.7 Å². The molecule has 122 valence electrons. The molecule has 2 saturated heterocycles. The van der Waals surface area contributed by atoms with Crippen LogP contribution in [-0.4, -0.2) is 66.0 Å². The second kappa shape index (κ2) is 5.73. The summed E-state index contributed by atoms with van der Waals surface area (Å²) < 4.78 is 46.0. The van der Waals surface area contributed by atoms with Crippen molar-refractivity contribution in [3.05, 3.63) is 24.3 Å². The lowest BCUT2D eigenvalue weighted by molar-refractivity contribution is 0.585. The van der Waals surface area contributed by atoms with E-state index in [0.29, 0.717) is 26.2 Å². The summed E-state index contributed by atoms with van der Waals surface area (Å²) in [6.45, 7) is 2.06. The molecule has 2 aliphatic rings. The second-order valence-corrected chi connectivity index (χ2v) is 10.4. The molecule has 0 amide bonds. The molecule has 1 aromatic carbocycles. The minimum atomic E-state index is -2.89. The first kappa shape index (κ1) is 15.6. The number of hydrogen-bond acceptors (Lipinski definition) is 6. The number of hydrogen-bond donors (Lipinski definition) is 0. The molecule has 0 aliphatic carbocycles. The van der Waals surface area contributed by atoms with E-state index in [2.05, 4.69) is 9.80 Å². The van der Waals surface area contributed by atoms with Crippen LogP contribution in [0.15, 0.2) is 24.3 Å². The predicted molar refractivity (Wildman–Crippen MR) is 88.2 cm³/mol. The maximum atomic E-state index is 11.5. The maximum Gasteiger partial charge on any atom is 0.153 e. The molecule has 8 heteroatoms. The largest absolute Gasteiger partial charge is 0.369 e. The standard InChI is InChI=1S/C14H20N2O4S2/c17-21(18)8-4-15(5-9-21)13-2-1-3-14(12-13)16-6-10-22(19,20)11-7-16/h1-3,12H,4-11H2. The highest BCUT2D eigenvalue weighted by molar-refractivity contribution is 7.91. The fourth-order valence-electron chi connectivity index (χ4n) is 2.83. The monoisotopic (exact) mass is 344 g/mol. The molecule has 22 heavy (non-hydrogen) atoms. The number of rotatable bonds is 2. The average Bonchev–Trinajstić information content (AvgIpc) is 2.47. The van der Waals surface area contributed by atoms with E-state index in [-0.39, 0.29) is 23.0 Å². The van der Waals surface area contributed by atoms with Crippen molar-refractivity contribution in [2.75, 3.05) is 59.0 Å². The Morgan fingerprint density at radius 1 is 0.682 bits per heavy atom. The van der Waals surface area contributed by atoms with E-state index in [1.165, 1.54) is 0 Å². The molecule has 0 spiro atoms. The van der Waals surface area contributed by atoms with Crippen molar-refractivity contribution >= 4 is 31.0 Å². The van der Waals surface area contributed by atoms with E-state index in [9.17, 15) is 16.8 Å². The molecule has 6 nitrogen and oxygen atoms in total. The summed E-state index contributed by atoms with van der Waals surface area (Å²) in [4.78, 5) is 4.15. The minimum absolute atomic E-state index is 0.194. The van der Waals surface area contributed by atoms with Gasteiger partial charge in [0, 0.05) is 37.6 Å². The van der Waals surface area contributed by atoms with Gasteiger partial charge in [-0.05, 0) is 18.2 Å².